The maximum atomic E-state index is 13.0. The fraction of sp³-hybridized carbons (Fsp3) is 0.533. The van der Waals surface area contributed by atoms with Gasteiger partial charge in [0.1, 0.15) is 17.6 Å². The number of carbonyl (C=O) groups is 1. The maximum absolute atomic E-state index is 13.0. The molecule has 0 bridgehead atoms. The van der Waals surface area contributed by atoms with Gasteiger partial charge in [-0.25, -0.2) is 4.39 Å². The van der Waals surface area contributed by atoms with Crippen molar-refractivity contribution in [3.63, 3.8) is 0 Å². The van der Waals surface area contributed by atoms with Crippen molar-refractivity contribution >= 4 is 5.97 Å². The van der Waals surface area contributed by atoms with Crippen LogP contribution in [0.1, 0.15) is 25.8 Å². The van der Waals surface area contributed by atoms with Crippen molar-refractivity contribution in [1.29, 1.82) is 0 Å². The summed E-state index contributed by atoms with van der Waals surface area (Å²) >= 11 is 0. The van der Waals surface area contributed by atoms with Crippen LogP contribution in [0.15, 0.2) is 18.2 Å². The Bertz CT molecular complexity index is 449. The van der Waals surface area contributed by atoms with E-state index in [0.717, 1.165) is 5.56 Å². The summed E-state index contributed by atoms with van der Waals surface area (Å²) in [5.41, 5.74) is 0.733. The second-order valence-corrected chi connectivity index (χ2v) is 4.94. The van der Waals surface area contributed by atoms with Crippen LogP contribution in [0.3, 0.4) is 0 Å². The van der Waals surface area contributed by atoms with Crippen LogP contribution >= 0.6 is 0 Å². The first kappa shape index (κ1) is 16.4. The molecule has 0 spiro atoms. The minimum atomic E-state index is -0.402. The van der Waals surface area contributed by atoms with E-state index in [0.29, 0.717) is 18.8 Å². The molecule has 1 aromatic rings. The summed E-state index contributed by atoms with van der Waals surface area (Å²) in [7, 11) is 1.36. The van der Waals surface area contributed by atoms with Gasteiger partial charge in [-0.05, 0) is 30.7 Å². The van der Waals surface area contributed by atoms with Crippen molar-refractivity contribution < 1.29 is 18.7 Å². The van der Waals surface area contributed by atoms with Crippen molar-refractivity contribution in [2.75, 3.05) is 13.7 Å². The van der Waals surface area contributed by atoms with Gasteiger partial charge in [-0.1, -0.05) is 13.8 Å². The topological polar surface area (TPSA) is 47.6 Å². The van der Waals surface area contributed by atoms with Gasteiger partial charge in [-0.3, -0.25) is 4.79 Å². The number of hydrogen-bond acceptors (Lipinski definition) is 4. The molecule has 0 aliphatic carbocycles. The van der Waals surface area contributed by atoms with Crippen LogP contribution in [0.5, 0.6) is 5.75 Å². The molecule has 0 aliphatic heterocycles. The first-order chi connectivity index (χ1) is 9.43. The Morgan fingerprint density at radius 2 is 2.10 bits per heavy atom. The van der Waals surface area contributed by atoms with E-state index in [1.807, 2.05) is 13.8 Å². The number of aryl methyl sites for hydroxylation is 1. The molecule has 0 saturated carbocycles. The lowest BCUT2D eigenvalue weighted by Gasteiger charge is -2.19. The van der Waals surface area contributed by atoms with E-state index in [4.69, 9.17) is 9.47 Å². The van der Waals surface area contributed by atoms with Gasteiger partial charge in [0.15, 0.2) is 0 Å². The third kappa shape index (κ3) is 5.17. The molecule has 0 aliphatic rings. The number of methoxy groups -OCH3 is 1. The molecule has 0 radical (unpaired) electrons. The number of halogens is 1. The van der Waals surface area contributed by atoms with Crippen LogP contribution in [-0.4, -0.2) is 31.8 Å². The molecule has 1 rings (SSSR count). The molecule has 4 nitrogen and oxygen atoms in total. The lowest BCUT2D eigenvalue weighted by molar-refractivity contribution is -0.143. The Morgan fingerprint density at radius 1 is 1.40 bits per heavy atom. The number of benzene rings is 1. The number of carbonyl (C=O) groups excluding carboxylic acids is 1. The van der Waals surface area contributed by atoms with E-state index < -0.39 is 6.04 Å². The van der Waals surface area contributed by atoms with Gasteiger partial charge in [0.2, 0.25) is 0 Å². The first-order valence-electron chi connectivity index (χ1n) is 6.67. The quantitative estimate of drug-likeness (QED) is 0.781. The second kappa shape index (κ2) is 7.85. The Balaban J connectivity index is 2.53. The van der Waals surface area contributed by atoms with Gasteiger partial charge in [-0.2, -0.15) is 0 Å². The van der Waals surface area contributed by atoms with Crippen molar-refractivity contribution in [1.82, 2.24) is 5.32 Å². The molecule has 1 N–H and O–H groups in total. The zero-order valence-corrected chi connectivity index (χ0v) is 12.4. The predicted octanol–water partition coefficient (Wildman–Crippen LogP) is 2.44. The molecule has 0 heterocycles. The summed E-state index contributed by atoms with van der Waals surface area (Å²) in [5, 5.41) is 3.13. The van der Waals surface area contributed by atoms with Crippen LogP contribution < -0.4 is 10.1 Å². The lowest BCUT2D eigenvalue weighted by Crippen LogP contribution is -2.42. The highest BCUT2D eigenvalue weighted by Crippen LogP contribution is 2.18. The zero-order chi connectivity index (χ0) is 15.1. The Morgan fingerprint density at radius 3 is 2.65 bits per heavy atom. The highest BCUT2D eigenvalue weighted by Gasteiger charge is 2.19. The van der Waals surface area contributed by atoms with Gasteiger partial charge in [-0.15, -0.1) is 0 Å². The van der Waals surface area contributed by atoms with E-state index in [1.54, 1.807) is 13.0 Å². The van der Waals surface area contributed by atoms with Crippen molar-refractivity contribution in [2.45, 2.75) is 39.3 Å². The van der Waals surface area contributed by atoms with Crippen LogP contribution in [0, 0.1) is 12.7 Å². The Kier molecular flexibility index (Phi) is 6.45. The predicted molar refractivity (Wildman–Crippen MR) is 75.3 cm³/mol. The highest BCUT2D eigenvalue weighted by atomic mass is 19.1. The first-order valence-corrected chi connectivity index (χ1v) is 6.67. The molecule has 1 unspecified atom stereocenters. The van der Waals surface area contributed by atoms with Crippen LogP contribution in [-0.2, 0) is 9.53 Å². The van der Waals surface area contributed by atoms with Crippen LogP contribution in [0.4, 0.5) is 4.39 Å². The van der Waals surface area contributed by atoms with Gasteiger partial charge < -0.3 is 14.8 Å². The number of esters is 1. The van der Waals surface area contributed by atoms with Crippen molar-refractivity contribution in [3.05, 3.63) is 29.6 Å². The second-order valence-electron chi connectivity index (χ2n) is 4.94. The molecule has 1 atom stereocenters. The van der Waals surface area contributed by atoms with E-state index in [2.05, 4.69) is 5.32 Å². The van der Waals surface area contributed by atoms with Crippen molar-refractivity contribution in [3.8, 4) is 5.75 Å². The van der Waals surface area contributed by atoms with Gasteiger partial charge >= 0.3 is 5.97 Å². The number of rotatable bonds is 7. The summed E-state index contributed by atoms with van der Waals surface area (Å²) in [6.45, 7) is 6.05. The van der Waals surface area contributed by atoms with Gasteiger partial charge in [0, 0.05) is 12.5 Å². The minimum Gasteiger partial charge on any atom is -0.493 e. The molecule has 20 heavy (non-hydrogen) atoms. The monoisotopic (exact) mass is 283 g/mol. The standard InChI is InChI=1S/C15H22FNO3/c1-10(2)17-13(15(18)19-4)7-8-20-14-6-5-12(16)9-11(14)3/h5-6,9-10,13,17H,7-8H2,1-4H3. The van der Waals surface area contributed by atoms with Gasteiger partial charge in [0.25, 0.3) is 0 Å². The van der Waals surface area contributed by atoms with Crippen molar-refractivity contribution in [2.24, 2.45) is 0 Å². The van der Waals surface area contributed by atoms with Gasteiger partial charge in [0.05, 0.1) is 13.7 Å². The third-order valence-electron chi connectivity index (χ3n) is 2.82. The van der Waals surface area contributed by atoms with E-state index >= 15 is 0 Å². The lowest BCUT2D eigenvalue weighted by atomic mass is 10.2. The molecule has 112 valence electrons. The summed E-state index contributed by atoms with van der Waals surface area (Å²) < 4.78 is 23.3. The smallest absolute Gasteiger partial charge is 0.322 e. The molecule has 0 aromatic heterocycles. The molecule has 5 heteroatoms. The fourth-order valence-electron chi connectivity index (χ4n) is 1.88. The molecule has 0 fully saturated rings. The van der Waals surface area contributed by atoms with E-state index in [9.17, 15) is 9.18 Å². The van der Waals surface area contributed by atoms with E-state index in [-0.39, 0.29) is 17.8 Å². The summed E-state index contributed by atoms with van der Waals surface area (Å²) in [5.74, 6) is 0.0291. The number of hydrogen-bond donors (Lipinski definition) is 1. The molecule has 0 amide bonds. The highest BCUT2D eigenvalue weighted by molar-refractivity contribution is 5.75. The third-order valence-corrected chi connectivity index (χ3v) is 2.82. The molecular weight excluding hydrogens is 261 g/mol. The average Bonchev–Trinajstić information content (AvgIpc) is 2.38. The Labute approximate surface area is 119 Å². The normalized spacial score (nSPS) is 12.3. The number of ether oxygens (including phenoxy) is 2. The molecule has 1 aromatic carbocycles. The number of nitrogens with one attached hydrogen (secondary N) is 1. The average molecular weight is 283 g/mol. The minimum absolute atomic E-state index is 0.173. The largest absolute Gasteiger partial charge is 0.493 e. The fourth-order valence-corrected chi connectivity index (χ4v) is 1.88. The summed E-state index contributed by atoms with van der Waals surface area (Å²) in [6.07, 6.45) is 0.488. The maximum Gasteiger partial charge on any atom is 0.322 e. The Hall–Kier alpha value is -1.62. The van der Waals surface area contributed by atoms with Crippen LogP contribution in [0.2, 0.25) is 0 Å². The molecule has 0 saturated heterocycles. The van der Waals surface area contributed by atoms with E-state index in [1.165, 1.54) is 19.2 Å². The zero-order valence-electron chi connectivity index (χ0n) is 12.4. The summed E-state index contributed by atoms with van der Waals surface area (Å²) in [6, 6.07) is 4.13. The summed E-state index contributed by atoms with van der Waals surface area (Å²) in [4.78, 5) is 11.6. The molecular formula is C15H22FNO3. The SMILES string of the molecule is COC(=O)C(CCOc1ccc(F)cc1C)NC(C)C. The van der Waals surface area contributed by atoms with Crippen LogP contribution in [0.25, 0.3) is 0 Å².